The van der Waals surface area contributed by atoms with Gasteiger partial charge in [-0.2, -0.15) is 0 Å². The summed E-state index contributed by atoms with van der Waals surface area (Å²) in [7, 11) is 0. The fourth-order valence-corrected chi connectivity index (χ4v) is 5.78. The van der Waals surface area contributed by atoms with Gasteiger partial charge in [-0.15, -0.1) is 0 Å². The third-order valence-corrected chi connectivity index (χ3v) is 8.02. The van der Waals surface area contributed by atoms with E-state index in [1.165, 1.54) is 63.4 Å². The van der Waals surface area contributed by atoms with E-state index < -0.39 is 6.09 Å². The first-order chi connectivity index (χ1) is 17.0. The number of amidine groups is 1. The Balaban J connectivity index is 1.62. The summed E-state index contributed by atoms with van der Waals surface area (Å²) in [6.45, 7) is 3.08. The van der Waals surface area contributed by atoms with E-state index in [-0.39, 0.29) is 17.7 Å². The Morgan fingerprint density at radius 2 is 1.91 bits per heavy atom. The Morgan fingerprint density at radius 3 is 2.57 bits per heavy atom. The van der Waals surface area contributed by atoms with Crippen LogP contribution in [-0.2, 0) is 6.54 Å². The van der Waals surface area contributed by atoms with Gasteiger partial charge in [0.15, 0.2) is 23.1 Å². The summed E-state index contributed by atoms with van der Waals surface area (Å²) in [6, 6.07) is 0.228. The fraction of sp³-hybridized carbons (Fsp3) is 0.654. The van der Waals surface area contributed by atoms with Crippen LogP contribution < -0.4 is 10.6 Å². The molecule has 0 unspecified atom stereocenters. The Morgan fingerprint density at radius 1 is 1.11 bits per heavy atom. The number of allylic oxidation sites excluding steroid dienone is 2. The van der Waals surface area contributed by atoms with Gasteiger partial charge in [-0.3, -0.25) is 10.7 Å². The summed E-state index contributed by atoms with van der Waals surface area (Å²) >= 11 is 0. The number of nitrogens with zero attached hydrogens (tertiary/aromatic N) is 4. The van der Waals surface area contributed by atoms with Crippen LogP contribution in [0.4, 0.5) is 10.6 Å². The summed E-state index contributed by atoms with van der Waals surface area (Å²) in [5.74, 6) is 2.54. The molecule has 1 amide bonds. The number of imidazole rings is 1. The normalized spacial score (nSPS) is 20.2. The lowest BCUT2D eigenvalue weighted by Crippen LogP contribution is -2.33. The molecule has 0 saturated heterocycles. The minimum absolute atomic E-state index is 0.0506. The van der Waals surface area contributed by atoms with Gasteiger partial charge in [0.1, 0.15) is 11.3 Å². The second-order valence-corrected chi connectivity index (χ2v) is 10.5. The molecule has 9 nitrogen and oxygen atoms in total. The van der Waals surface area contributed by atoms with Gasteiger partial charge in [-0.05, 0) is 75.7 Å². The lowest BCUT2D eigenvalue weighted by Gasteiger charge is -2.32. The van der Waals surface area contributed by atoms with Gasteiger partial charge in [-0.25, -0.2) is 19.7 Å². The lowest BCUT2D eigenvalue weighted by atomic mass is 9.80. The van der Waals surface area contributed by atoms with Gasteiger partial charge in [0.25, 0.3) is 0 Å². The summed E-state index contributed by atoms with van der Waals surface area (Å²) in [5.41, 5.74) is 2.69. The average Bonchev–Trinajstić information content (AvgIpc) is 3.17. The fourth-order valence-electron chi connectivity index (χ4n) is 5.78. The molecule has 2 aromatic rings. The van der Waals surface area contributed by atoms with Crippen molar-refractivity contribution in [2.24, 2.45) is 11.8 Å². The van der Waals surface area contributed by atoms with Gasteiger partial charge >= 0.3 is 6.09 Å². The first-order valence-electron chi connectivity index (χ1n) is 13.3. The van der Waals surface area contributed by atoms with Crippen molar-refractivity contribution in [3.63, 3.8) is 0 Å². The first kappa shape index (κ1) is 23.8. The number of hydrogen-bond donors (Lipinski definition) is 4. The van der Waals surface area contributed by atoms with E-state index in [1.807, 2.05) is 0 Å². The molecule has 2 fully saturated rings. The Hall–Kier alpha value is -2.97. The van der Waals surface area contributed by atoms with Crippen LogP contribution in [0.15, 0.2) is 6.08 Å². The van der Waals surface area contributed by atoms with Crippen molar-refractivity contribution in [1.29, 1.82) is 5.41 Å². The minimum atomic E-state index is -1.30. The van der Waals surface area contributed by atoms with Crippen LogP contribution in [0, 0.1) is 17.2 Å². The van der Waals surface area contributed by atoms with E-state index in [0.29, 0.717) is 23.3 Å². The second-order valence-electron chi connectivity index (χ2n) is 10.5. The van der Waals surface area contributed by atoms with Crippen molar-refractivity contribution in [2.75, 3.05) is 5.32 Å². The molecule has 3 aliphatic carbocycles. The Kier molecular flexibility index (Phi) is 7.02. The molecular weight excluding hydrogens is 442 g/mol. The Labute approximate surface area is 206 Å². The number of fused-ring (bicyclic) bond motifs is 1. The maximum Gasteiger partial charge on any atom is 0.410 e. The number of hydrogen-bond acceptors (Lipinski definition) is 6. The SMILES string of the molecule is C[C@@H](Nc1nc(C(=N)NC(=O)O)nc2nc(C3=CCCCC3)n(CC3CCCCC3)c12)C1CCC1. The van der Waals surface area contributed by atoms with Crippen molar-refractivity contribution in [3.05, 3.63) is 17.7 Å². The minimum Gasteiger partial charge on any atom is -0.465 e. The number of amides is 1. The van der Waals surface area contributed by atoms with Crippen molar-refractivity contribution in [3.8, 4) is 0 Å². The van der Waals surface area contributed by atoms with Crippen LogP contribution in [0.5, 0.6) is 0 Å². The molecule has 0 aromatic carbocycles. The molecule has 35 heavy (non-hydrogen) atoms. The molecule has 5 rings (SSSR count). The van der Waals surface area contributed by atoms with Crippen molar-refractivity contribution in [2.45, 2.75) is 96.6 Å². The molecule has 0 spiro atoms. The molecule has 2 heterocycles. The van der Waals surface area contributed by atoms with Gasteiger partial charge in [-0.1, -0.05) is 31.8 Å². The molecule has 0 radical (unpaired) electrons. The molecule has 1 atom stereocenters. The van der Waals surface area contributed by atoms with Crippen molar-refractivity contribution in [1.82, 2.24) is 24.8 Å². The monoisotopic (exact) mass is 479 g/mol. The molecule has 2 aromatic heterocycles. The first-order valence-corrected chi connectivity index (χ1v) is 13.3. The van der Waals surface area contributed by atoms with Crippen LogP contribution in [0.2, 0.25) is 0 Å². The highest BCUT2D eigenvalue weighted by Crippen LogP contribution is 2.36. The third-order valence-electron chi connectivity index (χ3n) is 8.02. The molecule has 2 saturated carbocycles. The molecule has 0 aliphatic heterocycles. The maximum absolute atomic E-state index is 11.2. The van der Waals surface area contributed by atoms with Gasteiger partial charge < -0.3 is 15.0 Å². The summed E-state index contributed by atoms with van der Waals surface area (Å²) < 4.78 is 2.33. The van der Waals surface area contributed by atoms with E-state index in [4.69, 9.17) is 20.5 Å². The molecular formula is C26H37N7O2. The Bertz CT molecular complexity index is 1130. The molecule has 3 aliphatic rings. The molecule has 9 heteroatoms. The zero-order valence-corrected chi connectivity index (χ0v) is 20.6. The molecule has 188 valence electrons. The number of carbonyl (C=O) groups is 1. The summed E-state index contributed by atoms with van der Waals surface area (Å²) in [4.78, 5) is 25.5. The topological polar surface area (TPSA) is 129 Å². The zero-order chi connectivity index (χ0) is 24.4. The summed E-state index contributed by atoms with van der Waals surface area (Å²) in [6.07, 6.45) is 15.4. The molecule has 0 bridgehead atoms. The van der Waals surface area contributed by atoms with Crippen molar-refractivity contribution >= 4 is 34.5 Å². The summed E-state index contributed by atoms with van der Waals surface area (Å²) in [5, 5.41) is 23.1. The predicted octanol–water partition coefficient (Wildman–Crippen LogP) is 5.56. The van der Waals surface area contributed by atoms with Crippen LogP contribution in [0.25, 0.3) is 16.7 Å². The predicted molar refractivity (Wildman–Crippen MR) is 137 cm³/mol. The standard InChI is InChI=1S/C26H37N7O2/c1-16(18-13-8-14-18)28-22-20-23(31-24(30-22)21(27)29-26(34)35)32-25(19-11-6-3-7-12-19)33(20)15-17-9-4-2-5-10-17/h11,16-18H,2-10,12-15H2,1H3,(H2,27,29)(H,34,35)(H,28,30,31)/t16-/m1/s1. The highest BCUT2D eigenvalue weighted by atomic mass is 16.4. The van der Waals surface area contributed by atoms with Gasteiger partial charge in [0.2, 0.25) is 0 Å². The third kappa shape index (κ3) is 5.18. The van der Waals surface area contributed by atoms with Gasteiger partial charge in [0, 0.05) is 12.6 Å². The zero-order valence-electron chi connectivity index (χ0n) is 20.6. The van der Waals surface area contributed by atoms with Crippen LogP contribution >= 0.6 is 0 Å². The second kappa shape index (κ2) is 10.3. The van der Waals surface area contributed by atoms with Crippen LogP contribution in [0.3, 0.4) is 0 Å². The van der Waals surface area contributed by atoms with E-state index >= 15 is 0 Å². The van der Waals surface area contributed by atoms with E-state index in [2.05, 4.69) is 33.2 Å². The van der Waals surface area contributed by atoms with Gasteiger partial charge in [0.05, 0.1) is 0 Å². The number of aromatic nitrogens is 4. The van der Waals surface area contributed by atoms with E-state index in [9.17, 15) is 4.79 Å². The van der Waals surface area contributed by atoms with Crippen LogP contribution in [-0.4, -0.2) is 42.6 Å². The lowest BCUT2D eigenvalue weighted by molar-refractivity contribution is 0.200. The van der Waals surface area contributed by atoms with E-state index in [1.54, 1.807) is 0 Å². The number of anilines is 1. The molecule has 4 N–H and O–H groups in total. The number of rotatable bonds is 7. The van der Waals surface area contributed by atoms with E-state index in [0.717, 1.165) is 37.1 Å². The smallest absolute Gasteiger partial charge is 0.410 e. The van der Waals surface area contributed by atoms with Crippen LogP contribution in [0.1, 0.15) is 95.6 Å². The number of carboxylic acid groups (broad SMARTS) is 1. The highest BCUT2D eigenvalue weighted by molar-refractivity contribution is 6.03. The average molecular weight is 480 g/mol. The maximum atomic E-state index is 11.2. The quantitative estimate of drug-likeness (QED) is 0.304. The highest BCUT2D eigenvalue weighted by Gasteiger charge is 2.28. The number of nitrogens with one attached hydrogen (secondary N) is 3. The largest absolute Gasteiger partial charge is 0.465 e. The van der Waals surface area contributed by atoms with Crippen molar-refractivity contribution < 1.29 is 9.90 Å².